The van der Waals surface area contributed by atoms with Crippen molar-refractivity contribution in [1.29, 1.82) is 0 Å². The second-order valence-corrected chi connectivity index (χ2v) is 5.34. The molecule has 0 aliphatic heterocycles. The largest absolute Gasteiger partial charge is 0.490 e. The maximum atomic E-state index is 13.1. The number of aliphatic hydroxyl groups is 1. The molecular formula is C17H15FN2O5. The summed E-state index contributed by atoms with van der Waals surface area (Å²) in [5, 5.41) is 21.8. The van der Waals surface area contributed by atoms with Crippen LogP contribution in [0.25, 0.3) is 10.9 Å². The molecule has 0 radical (unpaired) electrons. The average molecular weight is 346 g/mol. The third-order valence-corrected chi connectivity index (χ3v) is 3.54. The predicted octanol–water partition coefficient (Wildman–Crippen LogP) is 3.03. The number of benzene rings is 2. The van der Waals surface area contributed by atoms with E-state index in [2.05, 4.69) is 4.98 Å². The van der Waals surface area contributed by atoms with Crippen molar-refractivity contribution in [3.8, 4) is 11.5 Å². The smallest absolute Gasteiger partial charge is 0.313 e. The molecule has 0 amide bonds. The van der Waals surface area contributed by atoms with E-state index in [0.29, 0.717) is 5.75 Å². The van der Waals surface area contributed by atoms with Crippen LogP contribution in [0.4, 0.5) is 10.1 Å². The van der Waals surface area contributed by atoms with Crippen LogP contribution in [0.1, 0.15) is 0 Å². The number of fused-ring (bicyclic) bond motifs is 1. The number of H-pyrrole nitrogens is 1. The summed E-state index contributed by atoms with van der Waals surface area (Å²) in [4.78, 5) is 13.2. The van der Waals surface area contributed by atoms with E-state index in [-0.39, 0.29) is 19.0 Å². The quantitative estimate of drug-likeness (QED) is 0.506. The summed E-state index contributed by atoms with van der Waals surface area (Å²) in [6.07, 6.45) is 0.768. The summed E-state index contributed by atoms with van der Waals surface area (Å²) < 4.78 is 23.9. The van der Waals surface area contributed by atoms with Gasteiger partial charge >= 0.3 is 5.69 Å². The van der Waals surface area contributed by atoms with Crippen molar-refractivity contribution < 1.29 is 23.9 Å². The Bertz CT molecular complexity index is 896. The minimum absolute atomic E-state index is 0.0563. The molecule has 1 atom stereocenters. The molecule has 1 aromatic heterocycles. The predicted molar refractivity (Wildman–Crippen MR) is 88.3 cm³/mol. The van der Waals surface area contributed by atoms with Crippen LogP contribution in [-0.4, -0.2) is 34.3 Å². The monoisotopic (exact) mass is 346 g/mol. The summed E-state index contributed by atoms with van der Waals surface area (Å²) in [7, 11) is 0. The molecule has 25 heavy (non-hydrogen) atoms. The van der Waals surface area contributed by atoms with Gasteiger partial charge in [-0.05, 0) is 30.3 Å². The van der Waals surface area contributed by atoms with Crippen LogP contribution in [0, 0.1) is 15.9 Å². The summed E-state index contributed by atoms with van der Waals surface area (Å²) >= 11 is 0. The van der Waals surface area contributed by atoms with Crippen LogP contribution in [0.2, 0.25) is 0 Å². The highest BCUT2D eigenvalue weighted by Gasteiger charge is 2.18. The van der Waals surface area contributed by atoms with Crippen LogP contribution in [-0.2, 0) is 0 Å². The molecule has 2 N–H and O–H groups in total. The van der Waals surface area contributed by atoms with Crippen molar-refractivity contribution in [2.24, 2.45) is 0 Å². The Balaban J connectivity index is 1.59. The van der Waals surface area contributed by atoms with E-state index >= 15 is 0 Å². The number of nitro benzene ring substituents is 1. The van der Waals surface area contributed by atoms with Crippen molar-refractivity contribution in [2.45, 2.75) is 6.10 Å². The Hall–Kier alpha value is -3.13. The Labute approximate surface area is 141 Å². The molecule has 8 heteroatoms. The van der Waals surface area contributed by atoms with E-state index in [1.807, 2.05) is 18.2 Å². The summed E-state index contributed by atoms with van der Waals surface area (Å²) in [6.45, 7) is -0.283. The van der Waals surface area contributed by atoms with Crippen molar-refractivity contribution in [2.75, 3.05) is 13.2 Å². The molecular weight excluding hydrogens is 331 g/mol. The molecule has 2 aromatic carbocycles. The number of hydrogen-bond donors (Lipinski definition) is 2. The lowest BCUT2D eigenvalue weighted by atomic mass is 10.2. The molecule has 0 aliphatic carbocycles. The maximum absolute atomic E-state index is 13.1. The molecule has 3 rings (SSSR count). The number of nitrogens with zero attached hydrogens (tertiary/aromatic N) is 1. The van der Waals surface area contributed by atoms with Crippen molar-refractivity contribution >= 4 is 16.6 Å². The first-order valence-corrected chi connectivity index (χ1v) is 7.48. The molecule has 0 spiro atoms. The lowest BCUT2D eigenvalue weighted by Crippen LogP contribution is -2.25. The fourth-order valence-electron chi connectivity index (χ4n) is 2.36. The lowest BCUT2D eigenvalue weighted by Gasteiger charge is -2.14. The van der Waals surface area contributed by atoms with Gasteiger partial charge in [0.15, 0.2) is 5.75 Å². The van der Waals surface area contributed by atoms with Crippen LogP contribution in [0.3, 0.4) is 0 Å². The normalized spacial score (nSPS) is 12.1. The zero-order valence-corrected chi connectivity index (χ0v) is 13.0. The van der Waals surface area contributed by atoms with E-state index in [1.54, 1.807) is 12.3 Å². The molecule has 0 unspecified atom stereocenters. The van der Waals surface area contributed by atoms with Crippen LogP contribution < -0.4 is 9.47 Å². The molecule has 130 valence electrons. The van der Waals surface area contributed by atoms with Gasteiger partial charge in [-0.15, -0.1) is 0 Å². The van der Waals surface area contributed by atoms with E-state index in [4.69, 9.17) is 9.47 Å². The SMILES string of the molecule is O=[N+]([O-])c1cc(F)ccc1OC[C@H](O)COc1cccc2[nH]ccc12. The van der Waals surface area contributed by atoms with Gasteiger partial charge in [-0.2, -0.15) is 0 Å². The van der Waals surface area contributed by atoms with Gasteiger partial charge in [0, 0.05) is 17.1 Å². The summed E-state index contributed by atoms with van der Waals surface area (Å²) in [6, 6.07) is 10.3. The van der Waals surface area contributed by atoms with Gasteiger partial charge in [0.05, 0.1) is 11.0 Å². The molecule has 3 aromatic rings. The molecule has 1 heterocycles. The molecule has 7 nitrogen and oxygen atoms in total. The average Bonchev–Trinajstić information content (AvgIpc) is 3.08. The van der Waals surface area contributed by atoms with Gasteiger partial charge in [0.1, 0.15) is 30.9 Å². The Morgan fingerprint density at radius 2 is 1.92 bits per heavy atom. The number of halogens is 1. The number of aromatic amines is 1. The topological polar surface area (TPSA) is 97.6 Å². The zero-order valence-electron chi connectivity index (χ0n) is 13.0. The van der Waals surface area contributed by atoms with Crippen LogP contribution in [0.5, 0.6) is 11.5 Å². The highest BCUT2D eigenvalue weighted by atomic mass is 19.1. The molecule has 0 aliphatic rings. The van der Waals surface area contributed by atoms with Gasteiger partial charge in [-0.1, -0.05) is 6.07 Å². The molecule has 0 fully saturated rings. The van der Waals surface area contributed by atoms with Gasteiger partial charge in [0.2, 0.25) is 0 Å². The maximum Gasteiger partial charge on any atom is 0.313 e. The van der Waals surface area contributed by atoms with E-state index < -0.39 is 22.5 Å². The molecule has 0 bridgehead atoms. The first-order valence-electron chi connectivity index (χ1n) is 7.48. The highest BCUT2D eigenvalue weighted by Crippen LogP contribution is 2.28. The molecule has 0 saturated carbocycles. The fraction of sp³-hybridized carbons (Fsp3) is 0.176. The third kappa shape index (κ3) is 3.86. The zero-order chi connectivity index (χ0) is 17.8. The third-order valence-electron chi connectivity index (χ3n) is 3.54. The summed E-state index contributed by atoms with van der Waals surface area (Å²) in [5.41, 5.74) is 0.412. The van der Waals surface area contributed by atoms with Crippen LogP contribution in [0.15, 0.2) is 48.7 Å². The minimum Gasteiger partial charge on any atom is -0.490 e. The Morgan fingerprint density at radius 1 is 1.16 bits per heavy atom. The van der Waals surface area contributed by atoms with Gasteiger partial charge < -0.3 is 19.6 Å². The highest BCUT2D eigenvalue weighted by molar-refractivity contribution is 5.85. The second kappa shape index (κ2) is 7.18. The Kier molecular flexibility index (Phi) is 4.80. The first kappa shape index (κ1) is 16.7. The van der Waals surface area contributed by atoms with E-state index in [0.717, 1.165) is 29.1 Å². The fourth-order valence-corrected chi connectivity index (χ4v) is 2.36. The number of rotatable bonds is 7. The standard InChI is InChI=1S/C17H15FN2O5/c18-11-4-5-17(15(8-11)20(22)23)25-10-12(21)9-24-16-3-1-2-14-13(16)6-7-19-14/h1-8,12,19,21H,9-10H2/t12-/m1/s1. The van der Waals surface area contributed by atoms with E-state index in [9.17, 15) is 19.6 Å². The number of aromatic nitrogens is 1. The minimum atomic E-state index is -1.01. The second-order valence-electron chi connectivity index (χ2n) is 5.34. The van der Waals surface area contributed by atoms with Gasteiger partial charge in [-0.3, -0.25) is 10.1 Å². The lowest BCUT2D eigenvalue weighted by molar-refractivity contribution is -0.386. The number of nitro groups is 1. The van der Waals surface area contributed by atoms with Crippen molar-refractivity contribution in [1.82, 2.24) is 4.98 Å². The number of ether oxygens (including phenoxy) is 2. The van der Waals surface area contributed by atoms with Crippen molar-refractivity contribution in [3.63, 3.8) is 0 Å². The van der Waals surface area contributed by atoms with E-state index in [1.165, 1.54) is 0 Å². The van der Waals surface area contributed by atoms with Crippen molar-refractivity contribution in [3.05, 3.63) is 64.6 Å². The summed E-state index contributed by atoms with van der Waals surface area (Å²) in [5.74, 6) is -0.244. The number of hydrogen-bond acceptors (Lipinski definition) is 5. The number of nitrogens with one attached hydrogen (secondary N) is 1. The Morgan fingerprint density at radius 3 is 2.68 bits per heavy atom. The van der Waals surface area contributed by atoms with Gasteiger partial charge in [0.25, 0.3) is 0 Å². The number of aliphatic hydroxyl groups excluding tert-OH is 1. The molecule has 0 saturated heterocycles. The first-order chi connectivity index (χ1) is 12.0. The van der Waals surface area contributed by atoms with Gasteiger partial charge in [-0.25, -0.2) is 4.39 Å². The van der Waals surface area contributed by atoms with Crippen LogP contribution >= 0.6 is 0 Å².